The van der Waals surface area contributed by atoms with E-state index in [0.29, 0.717) is 28.6 Å². The second-order valence-electron chi connectivity index (χ2n) is 5.77. The fourth-order valence-corrected chi connectivity index (χ4v) is 3.24. The van der Waals surface area contributed by atoms with Gasteiger partial charge in [0.2, 0.25) is 0 Å². The monoisotopic (exact) mass is 333 g/mol. The molecular formula is C16H20ClN5O. The fourth-order valence-electron chi connectivity index (χ4n) is 3.03. The second-order valence-corrected chi connectivity index (χ2v) is 6.18. The number of benzene rings is 1. The van der Waals surface area contributed by atoms with Gasteiger partial charge in [0.05, 0.1) is 16.4 Å². The molecule has 122 valence electrons. The summed E-state index contributed by atoms with van der Waals surface area (Å²) in [5, 5.41) is 8.78. The zero-order valence-electron chi connectivity index (χ0n) is 13.1. The molecule has 1 aromatic carbocycles. The maximum absolute atomic E-state index is 12.8. The Kier molecular flexibility index (Phi) is 4.63. The minimum Gasteiger partial charge on any atom is -0.333 e. The van der Waals surface area contributed by atoms with E-state index in [0.717, 1.165) is 25.8 Å². The van der Waals surface area contributed by atoms with E-state index in [-0.39, 0.29) is 11.9 Å². The van der Waals surface area contributed by atoms with Crippen LogP contribution in [0.2, 0.25) is 5.02 Å². The van der Waals surface area contributed by atoms with Crippen LogP contribution in [0, 0.1) is 6.92 Å². The van der Waals surface area contributed by atoms with Gasteiger partial charge in [-0.2, -0.15) is 0 Å². The molecular weight excluding hydrogens is 314 g/mol. The normalized spacial score (nSPS) is 18.2. The highest BCUT2D eigenvalue weighted by atomic mass is 35.5. The number of rotatable bonds is 3. The molecule has 23 heavy (non-hydrogen) atoms. The van der Waals surface area contributed by atoms with E-state index in [1.165, 1.54) is 0 Å². The Morgan fingerprint density at radius 2 is 2.17 bits per heavy atom. The first-order chi connectivity index (χ1) is 11.1. The number of carbonyl (C=O) groups excluding carboxylic acids is 1. The molecule has 3 rings (SSSR count). The first-order valence-corrected chi connectivity index (χ1v) is 8.19. The predicted octanol–water partition coefficient (Wildman–Crippen LogP) is 2.18. The first-order valence-electron chi connectivity index (χ1n) is 7.81. The van der Waals surface area contributed by atoms with Crippen LogP contribution in [-0.4, -0.2) is 44.9 Å². The predicted molar refractivity (Wildman–Crippen MR) is 88.8 cm³/mol. The van der Waals surface area contributed by atoms with Crippen molar-refractivity contribution in [3.8, 4) is 5.69 Å². The molecule has 2 aromatic rings. The molecule has 1 aliphatic heterocycles. The van der Waals surface area contributed by atoms with Gasteiger partial charge < -0.3 is 10.6 Å². The maximum Gasteiger partial charge on any atom is 0.276 e. The van der Waals surface area contributed by atoms with Crippen molar-refractivity contribution in [2.45, 2.75) is 32.2 Å². The number of halogens is 1. The molecule has 0 spiro atoms. The molecule has 0 bridgehead atoms. The lowest BCUT2D eigenvalue weighted by Gasteiger charge is -2.34. The average molecular weight is 334 g/mol. The third-order valence-electron chi connectivity index (χ3n) is 4.34. The SMILES string of the molecule is Cc1c(C(=O)N2CCCCC2CN)nnn1-c1ccccc1Cl. The number of carbonyl (C=O) groups is 1. The van der Waals surface area contributed by atoms with E-state index >= 15 is 0 Å². The van der Waals surface area contributed by atoms with Gasteiger partial charge in [-0.1, -0.05) is 28.9 Å². The van der Waals surface area contributed by atoms with Gasteiger partial charge in [-0.25, -0.2) is 4.68 Å². The molecule has 0 aliphatic carbocycles. The van der Waals surface area contributed by atoms with Gasteiger partial charge in [0.1, 0.15) is 0 Å². The lowest BCUT2D eigenvalue weighted by molar-refractivity contribution is 0.0616. The minimum atomic E-state index is -0.101. The van der Waals surface area contributed by atoms with Crippen molar-refractivity contribution in [1.29, 1.82) is 0 Å². The van der Waals surface area contributed by atoms with Gasteiger partial charge in [0, 0.05) is 19.1 Å². The summed E-state index contributed by atoms with van der Waals surface area (Å²) in [5.74, 6) is -0.101. The van der Waals surface area contributed by atoms with Crippen molar-refractivity contribution >= 4 is 17.5 Å². The topological polar surface area (TPSA) is 77.0 Å². The Bertz CT molecular complexity index is 714. The largest absolute Gasteiger partial charge is 0.333 e. The van der Waals surface area contributed by atoms with Gasteiger partial charge in [-0.05, 0) is 38.3 Å². The zero-order valence-corrected chi connectivity index (χ0v) is 13.8. The van der Waals surface area contributed by atoms with Crippen LogP contribution in [0.15, 0.2) is 24.3 Å². The maximum atomic E-state index is 12.8. The lowest BCUT2D eigenvalue weighted by Crippen LogP contribution is -2.47. The highest BCUT2D eigenvalue weighted by Gasteiger charge is 2.30. The summed E-state index contributed by atoms with van der Waals surface area (Å²) in [6.45, 7) is 3.03. The number of nitrogens with two attached hydrogens (primary N) is 1. The number of likely N-dealkylation sites (tertiary alicyclic amines) is 1. The van der Waals surface area contributed by atoms with E-state index in [4.69, 9.17) is 17.3 Å². The quantitative estimate of drug-likeness (QED) is 0.934. The summed E-state index contributed by atoms with van der Waals surface area (Å²) in [6.07, 6.45) is 3.05. The standard InChI is InChI=1S/C16H20ClN5O/c1-11-15(16(23)21-9-5-4-6-12(21)10-18)19-20-22(11)14-8-3-2-7-13(14)17/h2-3,7-8,12H,4-6,9-10,18H2,1H3. The number of amides is 1. The Hall–Kier alpha value is -1.92. The van der Waals surface area contributed by atoms with Gasteiger partial charge in [-0.3, -0.25) is 4.79 Å². The molecule has 7 heteroatoms. The molecule has 1 unspecified atom stereocenters. The summed E-state index contributed by atoms with van der Waals surface area (Å²) >= 11 is 6.21. The highest BCUT2D eigenvalue weighted by Crippen LogP contribution is 2.23. The van der Waals surface area contributed by atoms with Crippen LogP contribution in [0.5, 0.6) is 0 Å². The Morgan fingerprint density at radius 3 is 2.91 bits per heavy atom. The van der Waals surface area contributed by atoms with Crippen LogP contribution < -0.4 is 5.73 Å². The molecule has 0 saturated carbocycles. The van der Waals surface area contributed by atoms with E-state index in [1.54, 1.807) is 10.7 Å². The summed E-state index contributed by atoms with van der Waals surface area (Å²) < 4.78 is 1.61. The van der Waals surface area contributed by atoms with Crippen molar-refractivity contribution in [2.75, 3.05) is 13.1 Å². The van der Waals surface area contributed by atoms with E-state index in [2.05, 4.69) is 10.3 Å². The van der Waals surface area contributed by atoms with E-state index in [1.807, 2.05) is 30.0 Å². The highest BCUT2D eigenvalue weighted by molar-refractivity contribution is 6.32. The summed E-state index contributed by atoms with van der Waals surface area (Å²) in [4.78, 5) is 14.7. The van der Waals surface area contributed by atoms with Crippen LogP contribution in [0.25, 0.3) is 5.69 Å². The molecule has 1 fully saturated rings. The smallest absolute Gasteiger partial charge is 0.276 e. The Labute approximate surface area is 140 Å². The third kappa shape index (κ3) is 2.96. The van der Waals surface area contributed by atoms with Gasteiger partial charge in [-0.15, -0.1) is 5.10 Å². The number of para-hydroxylation sites is 1. The van der Waals surface area contributed by atoms with Crippen LogP contribution in [0.4, 0.5) is 0 Å². The van der Waals surface area contributed by atoms with Crippen molar-refractivity contribution in [3.05, 3.63) is 40.7 Å². The van der Waals surface area contributed by atoms with Crippen molar-refractivity contribution in [3.63, 3.8) is 0 Å². The van der Waals surface area contributed by atoms with Gasteiger partial charge in [0.25, 0.3) is 5.91 Å². The molecule has 1 aromatic heterocycles. The van der Waals surface area contributed by atoms with Gasteiger partial charge >= 0.3 is 0 Å². The van der Waals surface area contributed by atoms with E-state index < -0.39 is 0 Å². The molecule has 1 aliphatic rings. The number of nitrogens with zero attached hydrogens (tertiary/aromatic N) is 4. The van der Waals surface area contributed by atoms with Crippen LogP contribution >= 0.6 is 11.6 Å². The molecule has 1 saturated heterocycles. The average Bonchev–Trinajstić information content (AvgIpc) is 2.96. The second kappa shape index (κ2) is 6.68. The molecule has 2 heterocycles. The number of piperidine rings is 1. The first kappa shape index (κ1) is 16.0. The summed E-state index contributed by atoms with van der Waals surface area (Å²) in [5.41, 5.74) is 7.58. The molecule has 0 radical (unpaired) electrons. The van der Waals surface area contributed by atoms with Crippen LogP contribution in [0.1, 0.15) is 35.4 Å². The van der Waals surface area contributed by atoms with Gasteiger partial charge in [0.15, 0.2) is 5.69 Å². The molecule has 1 atom stereocenters. The third-order valence-corrected chi connectivity index (χ3v) is 4.66. The van der Waals surface area contributed by atoms with Crippen LogP contribution in [-0.2, 0) is 0 Å². The molecule has 6 nitrogen and oxygen atoms in total. The molecule has 1 amide bonds. The summed E-state index contributed by atoms with van der Waals surface area (Å²) in [7, 11) is 0. The summed E-state index contributed by atoms with van der Waals surface area (Å²) in [6, 6.07) is 7.44. The Balaban J connectivity index is 1.93. The van der Waals surface area contributed by atoms with Crippen LogP contribution in [0.3, 0.4) is 0 Å². The fraction of sp³-hybridized carbons (Fsp3) is 0.438. The van der Waals surface area contributed by atoms with E-state index in [9.17, 15) is 4.79 Å². The Morgan fingerprint density at radius 1 is 1.39 bits per heavy atom. The lowest BCUT2D eigenvalue weighted by atomic mass is 10.0. The van der Waals surface area contributed by atoms with Crippen molar-refractivity contribution in [1.82, 2.24) is 19.9 Å². The zero-order chi connectivity index (χ0) is 16.4. The number of hydrogen-bond donors (Lipinski definition) is 1. The molecule has 2 N–H and O–H groups in total. The minimum absolute atomic E-state index is 0.0844. The number of hydrogen-bond acceptors (Lipinski definition) is 4. The number of aromatic nitrogens is 3. The van der Waals surface area contributed by atoms with Crippen molar-refractivity contribution < 1.29 is 4.79 Å². The van der Waals surface area contributed by atoms with Crippen molar-refractivity contribution in [2.24, 2.45) is 5.73 Å².